The van der Waals surface area contributed by atoms with Crippen LogP contribution in [-0.2, 0) is 13.5 Å². The summed E-state index contributed by atoms with van der Waals surface area (Å²) in [6.07, 6.45) is 4.97. The Kier molecular flexibility index (Phi) is 4.68. The van der Waals surface area contributed by atoms with Crippen LogP contribution in [0.3, 0.4) is 0 Å². The van der Waals surface area contributed by atoms with E-state index < -0.39 is 0 Å². The van der Waals surface area contributed by atoms with Gasteiger partial charge in [0.25, 0.3) is 5.91 Å². The highest BCUT2D eigenvalue weighted by Gasteiger charge is 2.29. The van der Waals surface area contributed by atoms with E-state index in [-0.39, 0.29) is 11.9 Å². The molecule has 0 radical (unpaired) electrons. The maximum atomic E-state index is 12.9. The summed E-state index contributed by atoms with van der Waals surface area (Å²) < 4.78 is 1.92. The Labute approximate surface area is 148 Å². The second-order valence-electron chi connectivity index (χ2n) is 6.89. The molecule has 1 aromatic carbocycles. The summed E-state index contributed by atoms with van der Waals surface area (Å²) in [4.78, 5) is 14.8. The molecule has 1 amide bonds. The van der Waals surface area contributed by atoms with Crippen molar-refractivity contribution in [3.63, 3.8) is 0 Å². The first-order valence-electron chi connectivity index (χ1n) is 8.47. The molecule has 0 fully saturated rings. The molecule has 4 nitrogen and oxygen atoms in total. The highest BCUT2D eigenvalue weighted by Crippen LogP contribution is 2.34. The zero-order valence-corrected chi connectivity index (χ0v) is 15.5. The first-order valence-corrected chi connectivity index (χ1v) is 8.85. The van der Waals surface area contributed by atoms with E-state index in [0.717, 1.165) is 24.8 Å². The Morgan fingerprint density at radius 2 is 2.17 bits per heavy atom. The van der Waals surface area contributed by atoms with Crippen molar-refractivity contribution in [2.45, 2.75) is 45.1 Å². The molecule has 0 bridgehead atoms. The Bertz CT molecular complexity index is 766. The fourth-order valence-electron chi connectivity index (χ4n) is 3.56. The predicted octanol–water partition coefficient (Wildman–Crippen LogP) is 4.35. The molecule has 0 aliphatic heterocycles. The van der Waals surface area contributed by atoms with Gasteiger partial charge in [-0.05, 0) is 42.9 Å². The summed E-state index contributed by atoms with van der Waals surface area (Å²) in [5.41, 5.74) is 4.12. The molecule has 0 N–H and O–H groups in total. The van der Waals surface area contributed by atoms with Gasteiger partial charge in [0, 0.05) is 35.9 Å². The largest absolute Gasteiger partial charge is 0.335 e. The number of benzene rings is 1. The number of amides is 1. The van der Waals surface area contributed by atoms with Crippen LogP contribution in [0.25, 0.3) is 0 Å². The van der Waals surface area contributed by atoms with Crippen LogP contribution in [0.2, 0.25) is 5.02 Å². The Hall–Kier alpha value is -1.81. The number of carbonyl (C=O) groups is 1. The lowest BCUT2D eigenvalue weighted by Gasteiger charge is -2.31. The number of aromatic nitrogens is 2. The third-order valence-corrected chi connectivity index (χ3v) is 5.33. The van der Waals surface area contributed by atoms with E-state index in [2.05, 4.69) is 18.9 Å². The van der Waals surface area contributed by atoms with Crippen molar-refractivity contribution >= 4 is 17.5 Å². The van der Waals surface area contributed by atoms with E-state index in [1.165, 1.54) is 11.3 Å². The highest BCUT2D eigenvalue weighted by atomic mass is 35.5. The summed E-state index contributed by atoms with van der Waals surface area (Å²) in [6.45, 7) is 4.20. The number of hydrogen-bond donors (Lipinski definition) is 0. The third kappa shape index (κ3) is 2.95. The van der Waals surface area contributed by atoms with E-state index in [9.17, 15) is 4.79 Å². The number of carbonyl (C=O) groups excluding carboxylic acids is 1. The van der Waals surface area contributed by atoms with Gasteiger partial charge in [0.2, 0.25) is 0 Å². The van der Waals surface area contributed by atoms with Crippen LogP contribution >= 0.6 is 11.6 Å². The van der Waals surface area contributed by atoms with Gasteiger partial charge < -0.3 is 4.90 Å². The van der Waals surface area contributed by atoms with Crippen molar-refractivity contribution in [2.24, 2.45) is 7.05 Å². The number of rotatable bonds is 3. The molecule has 0 saturated heterocycles. The normalized spacial score (nSPS) is 17.0. The fraction of sp³-hybridized carbons (Fsp3) is 0.474. The molecule has 1 heterocycles. The maximum absolute atomic E-state index is 12.9. The maximum Gasteiger partial charge on any atom is 0.254 e. The SMILES string of the molecule is CC(C)c1ccc(C(=O)N(C)[C@@H]2CCCc3c2cnn3C)cc1Cl. The van der Waals surface area contributed by atoms with Crippen molar-refractivity contribution in [1.29, 1.82) is 0 Å². The summed E-state index contributed by atoms with van der Waals surface area (Å²) in [5, 5.41) is 5.03. The van der Waals surface area contributed by atoms with E-state index in [1.807, 2.05) is 42.0 Å². The van der Waals surface area contributed by atoms with Crippen LogP contribution in [-0.4, -0.2) is 27.6 Å². The second kappa shape index (κ2) is 6.60. The smallest absolute Gasteiger partial charge is 0.254 e. The van der Waals surface area contributed by atoms with E-state index in [4.69, 9.17) is 11.6 Å². The summed E-state index contributed by atoms with van der Waals surface area (Å²) in [5.74, 6) is 0.351. The zero-order valence-electron chi connectivity index (χ0n) is 14.7. The molecule has 1 aliphatic carbocycles. The van der Waals surface area contributed by atoms with Gasteiger partial charge in [-0.25, -0.2) is 0 Å². The van der Waals surface area contributed by atoms with Crippen LogP contribution in [0, 0.1) is 0 Å². The van der Waals surface area contributed by atoms with Crippen LogP contribution in [0.1, 0.15) is 65.8 Å². The van der Waals surface area contributed by atoms with Crippen molar-refractivity contribution in [3.8, 4) is 0 Å². The van der Waals surface area contributed by atoms with Gasteiger partial charge in [0.15, 0.2) is 0 Å². The van der Waals surface area contributed by atoms with E-state index >= 15 is 0 Å². The molecule has 1 aromatic heterocycles. The van der Waals surface area contributed by atoms with Crippen LogP contribution in [0.15, 0.2) is 24.4 Å². The Morgan fingerprint density at radius 3 is 2.83 bits per heavy atom. The summed E-state index contributed by atoms with van der Waals surface area (Å²) in [6, 6.07) is 5.72. The molecular weight excluding hydrogens is 322 g/mol. The lowest BCUT2D eigenvalue weighted by Crippen LogP contribution is -2.33. The minimum absolute atomic E-state index is 0.00825. The molecule has 5 heteroatoms. The molecule has 3 rings (SSSR count). The van der Waals surface area contributed by atoms with Gasteiger partial charge in [0.1, 0.15) is 0 Å². The standard InChI is InChI=1S/C19H24ClN3O/c1-12(2)14-9-8-13(10-16(14)20)19(24)22(3)17-6-5-7-18-15(17)11-21-23(18)4/h8-12,17H,5-7H2,1-4H3/t17-/m1/s1. The monoisotopic (exact) mass is 345 g/mol. The molecule has 1 atom stereocenters. The van der Waals surface area contributed by atoms with Crippen LogP contribution in [0.5, 0.6) is 0 Å². The third-order valence-electron chi connectivity index (χ3n) is 5.00. The van der Waals surface area contributed by atoms with Gasteiger partial charge in [-0.3, -0.25) is 9.48 Å². The average Bonchev–Trinajstić information content (AvgIpc) is 2.94. The van der Waals surface area contributed by atoms with Gasteiger partial charge in [-0.1, -0.05) is 31.5 Å². The fourth-order valence-corrected chi connectivity index (χ4v) is 3.96. The summed E-state index contributed by atoms with van der Waals surface area (Å²) in [7, 11) is 3.84. The van der Waals surface area contributed by atoms with Crippen LogP contribution < -0.4 is 0 Å². The van der Waals surface area contributed by atoms with Gasteiger partial charge in [0.05, 0.1) is 12.2 Å². The zero-order chi connectivity index (χ0) is 17.4. The van der Waals surface area contributed by atoms with E-state index in [1.54, 1.807) is 6.07 Å². The highest BCUT2D eigenvalue weighted by molar-refractivity contribution is 6.31. The predicted molar refractivity (Wildman–Crippen MR) is 96.5 cm³/mol. The lowest BCUT2D eigenvalue weighted by molar-refractivity contribution is 0.0714. The second-order valence-corrected chi connectivity index (χ2v) is 7.29. The average molecular weight is 346 g/mol. The molecule has 0 unspecified atom stereocenters. The number of halogens is 1. The number of fused-ring (bicyclic) bond motifs is 1. The van der Waals surface area contributed by atoms with Crippen molar-refractivity contribution in [1.82, 2.24) is 14.7 Å². The van der Waals surface area contributed by atoms with Crippen molar-refractivity contribution in [2.75, 3.05) is 7.05 Å². The Balaban J connectivity index is 1.87. The first kappa shape index (κ1) is 17.0. The van der Waals surface area contributed by atoms with Gasteiger partial charge in [-0.15, -0.1) is 0 Å². The van der Waals surface area contributed by atoms with Crippen LogP contribution in [0.4, 0.5) is 0 Å². The molecule has 24 heavy (non-hydrogen) atoms. The molecule has 2 aromatic rings. The number of aryl methyl sites for hydroxylation is 1. The molecule has 128 valence electrons. The Morgan fingerprint density at radius 1 is 1.42 bits per heavy atom. The number of hydrogen-bond acceptors (Lipinski definition) is 2. The first-order chi connectivity index (χ1) is 11.4. The van der Waals surface area contributed by atoms with E-state index in [0.29, 0.717) is 16.5 Å². The topological polar surface area (TPSA) is 38.1 Å². The van der Waals surface area contributed by atoms with Crippen molar-refractivity contribution < 1.29 is 4.79 Å². The lowest BCUT2D eigenvalue weighted by atomic mass is 9.91. The molecular formula is C19H24ClN3O. The number of nitrogens with zero attached hydrogens (tertiary/aromatic N) is 3. The minimum atomic E-state index is 0.00825. The molecule has 1 aliphatic rings. The van der Waals surface area contributed by atoms with Gasteiger partial charge in [-0.2, -0.15) is 5.10 Å². The summed E-state index contributed by atoms with van der Waals surface area (Å²) >= 11 is 6.36. The molecule has 0 saturated carbocycles. The van der Waals surface area contributed by atoms with Gasteiger partial charge >= 0.3 is 0 Å². The van der Waals surface area contributed by atoms with Crippen molar-refractivity contribution in [3.05, 3.63) is 51.8 Å². The quantitative estimate of drug-likeness (QED) is 0.829. The molecule has 0 spiro atoms. The minimum Gasteiger partial charge on any atom is -0.335 e.